The number of methoxy groups -OCH3 is 6. The van der Waals surface area contributed by atoms with Crippen molar-refractivity contribution in [2.45, 2.75) is 25.0 Å². The summed E-state index contributed by atoms with van der Waals surface area (Å²) in [5.74, 6) is 3.13. The molecule has 0 aliphatic carbocycles. The molecule has 2 aromatic rings. The maximum Gasteiger partial charge on any atom is 0.238 e. The quantitative estimate of drug-likeness (QED) is 0.331. The monoisotopic (exact) mass is 502 g/mol. The summed E-state index contributed by atoms with van der Waals surface area (Å²) in [5.41, 5.74) is 2.20. The van der Waals surface area contributed by atoms with E-state index in [0.29, 0.717) is 53.4 Å². The molecule has 0 saturated carbocycles. The second-order valence-electron chi connectivity index (χ2n) is 8.95. The van der Waals surface area contributed by atoms with Crippen LogP contribution in [0.25, 0.3) is 0 Å². The van der Waals surface area contributed by atoms with Crippen LogP contribution in [0.2, 0.25) is 0 Å². The van der Waals surface area contributed by atoms with Gasteiger partial charge in [0.15, 0.2) is 11.5 Å². The summed E-state index contributed by atoms with van der Waals surface area (Å²) < 4.78 is 35.5. The lowest BCUT2D eigenvalue weighted by Crippen LogP contribution is -2.68. The molecule has 0 spiro atoms. The minimum atomic E-state index is -0.848. The molecule has 1 N–H and O–H groups in total. The van der Waals surface area contributed by atoms with Gasteiger partial charge in [0.25, 0.3) is 0 Å². The van der Waals surface area contributed by atoms with Crippen molar-refractivity contribution in [2.24, 2.45) is 0 Å². The molecule has 198 valence electrons. The number of fused-ring (bicyclic) bond motifs is 1. The van der Waals surface area contributed by atoms with Crippen LogP contribution in [0.1, 0.15) is 23.1 Å². The van der Waals surface area contributed by atoms with Crippen LogP contribution in [0.15, 0.2) is 36.9 Å². The predicted octanol–water partition coefficient (Wildman–Crippen LogP) is 3.71. The predicted molar refractivity (Wildman–Crippen MR) is 139 cm³/mol. The number of quaternary nitrogens is 1. The lowest BCUT2D eigenvalue weighted by Gasteiger charge is -2.55. The molecule has 36 heavy (non-hydrogen) atoms. The van der Waals surface area contributed by atoms with Crippen molar-refractivity contribution < 1.29 is 38.0 Å². The summed E-state index contributed by atoms with van der Waals surface area (Å²) in [7, 11) is 9.87. The number of aliphatic hydroxyl groups excluding tert-OH is 1. The third-order valence-electron chi connectivity index (χ3n) is 7.31. The van der Waals surface area contributed by atoms with Crippen molar-refractivity contribution in [1.82, 2.24) is 0 Å². The van der Waals surface area contributed by atoms with E-state index in [9.17, 15) is 5.11 Å². The van der Waals surface area contributed by atoms with E-state index >= 15 is 0 Å². The van der Waals surface area contributed by atoms with Gasteiger partial charge in [-0.15, -0.1) is 0 Å². The second-order valence-corrected chi connectivity index (χ2v) is 8.95. The Bertz CT molecular complexity index is 1010. The van der Waals surface area contributed by atoms with Gasteiger partial charge >= 0.3 is 0 Å². The van der Waals surface area contributed by atoms with E-state index in [-0.39, 0.29) is 6.61 Å². The van der Waals surface area contributed by atoms with Crippen LogP contribution in [0.5, 0.6) is 28.7 Å². The first-order valence-corrected chi connectivity index (χ1v) is 12.1. The third-order valence-corrected chi connectivity index (χ3v) is 7.31. The molecule has 1 aliphatic heterocycles. The molecule has 0 aromatic heterocycles. The van der Waals surface area contributed by atoms with E-state index in [1.807, 2.05) is 24.3 Å². The molecule has 8 nitrogen and oxygen atoms in total. The Morgan fingerprint density at radius 3 is 2.08 bits per heavy atom. The van der Waals surface area contributed by atoms with Gasteiger partial charge in [0.1, 0.15) is 11.5 Å². The van der Waals surface area contributed by atoms with Crippen LogP contribution in [-0.2, 0) is 23.3 Å². The molecule has 1 heterocycles. The average molecular weight is 503 g/mol. The zero-order valence-corrected chi connectivity index (χ0v) is 22.4. The normalized spacial score (nSPS) is 20.9. The average Bonchev–Trinajstić information content (AvgIpc) is 2.91. The van der Waals surface area contributed by atoms with Crippen LogP contribution >= 0.6 is 0 Å². The smallest absolute Gasteiger partial charge is 0.238 e. The van der Waals surface area contributed by atoms with Gasteiger partial charge < -0.3 is 33.5 Å². The Labute approximate surface area is 214 Å². The highest BCUT2D eigenvalue weighted by atomic mass is 16.5. The maximum absolute atomic E-state index is 9.81. The fourth-order valence-electron chi connectivity index (χ4n) is 5.70. The topological polar surface area (TPSA) is 75.6 Å². The molecule has 2 unspecified atom stereocenters. The molecular weight excluding hydrogens is 462 g/mol. The minimum absolute atomic E-state index is 0.0910. The summed E-state index contributed by atoms with van der Waals surface area (Å²) in [6.45, 7) is 6.33. The largest absolute Gasteiger partial charge is 0.497 e. The fraction of sp³-hybridized carbons (Fsp3) is 0.500. The summed E-state index contributed by atoms with van der Waals surface area (Å²) in [6, 6.07) is 7.89. The van der Waals surface area contributed by atoms with Crippen LogP contribution in [-0.4, -0.2) is 78.5 Å². The number of benzene rings is 2. The van der Waals surface area contributed by atoms with Crippen molar-refractivity contribution in [1.29, 1.82) is 0 Å². The number of rotatable bonds is 13. The standard InChI is InChI=1S/C28H40NO7/c1-8-11-29(12-9-14-30)13-10-21-17-22(31-2)18-23(32-3)26(21)28(29,36-7)19-20-15-24(33-4)27(35-6)25(16-20)34-5/h8,15-18,30H,1,9-14,19H2,2-7H3/q+1. The summed E-state index contributed by atoms with van der Waals surface area (Å²) >= 11 is 0. The lowest BCUT2D eigenvalue weighted by atomic mass is 9.81. The maximum atomic E-state index is 9.81. The first-order valence-electron chi connectivity index (χ1n) is 12.1. The van der Waals surface area contributed by atoms with Crippen molar-refractivity contribution in [3.05, 3.63) is 53.6 Å². The fourth-order valence-corrected chi connectivity index (χ4v) is 5.70. The van der Waals surface area contributed by atoms with Crippen LogP contribution in [0, 0.1) is 0 Å². The van der Waals surface area contributed by atoms with Gasteiger partial charge in [-0.05, 0) is 35.4 Å². The lowest BCUT2D eigenvalue weighted by molar-refractivity contribution is -1.01. The molecule has 0 radical (unpaired) electrons. The minimum Gasteiger partial charge on any atom is -0.497 e. The number of aliphatic hydroxyl groups is 1. The molecule has 0 fully saturated rings. The van der Waals surface area contributed by atoms with Crippen molar-refractivity contribution in [2.75, 3.05) is 68.9 Å². The van der Waals surface area contributed by atoms with Gasteiger partial charge in [-0.25, -0.2) is 0 Å². The van der Waals surface area contributed by atoms with Crippen LogP contribution in [0.4, 0.5) is 0 Å². The van der Waals surface area contributed by atoms with Crippen LogP contribution in [0.3, 0.4) is 0 Å². The highest BCUT2D eigenvalue weighted by molar-refractivity contribution is 5.55. The van der Waals surface area contributed by atoms with Gasteiger partial charge in [-0.2, -0.15) is 0 Å². The molecule has 1 aliphatic rings. The summed E-state index contributed by atoms with van der Waals surface area (Å²) in [5, 5.41) is 9.81. The molecular formula is C28H40NO7+. The molecule has 3 rings (SSSR count). The number of hydrogen-bond acceptors (Lipinski definition) is 7. The summed E-state index contributed by atoms with van der Waals surface area (Å²) in [6.07, 6.45) is 3.86. The van der Waals surface area contributed by atoms with Gasteiger partial charge in [0.05, 0.1) is 67.2 Å². The van der Waals surface area contributed by atoms with E-state index in [1.165, 1.54) is 0 Å². The zero-order chi connectivity index (χ0) is 26.3. The molecule has 2 aromatic carbocycles. The Balaban J connectivity index is 2.34. The van der Waals surface area contributed by atoms with E-state index in [0.717, 1.165) is 35.4 Å². The van der Waals surface area contributed by atoms with Gasteiger partial charge in [-0.3, -0.25) is 4.48 Å². The van der Waals surface area contributed by atoms with Crippen molar-refractivity contribution in [3.63, 3.8) is 0 Å². The first-order chi connectivity index (χ1) is 17.4. The van der Waals surface area contributed by atoms with E-state index in [2.05, 4.69) is 12.6 Å². The Kier molecular flexibility index (Phi) is 9.11. The molecule has 8 heteroatoms. The van der Waals surface area contributed by atoms with E-state index in [4.69, 9.17) is 28.4 Å². The summed E-state index contributed by atoms with van der Waals surface area (Å²) in [4.78, 5) is 0. The van der Waals surface area contributed by atoms with Crippen LogP contribution < -0.4 is 23.7 Å². The van der Waals surface area contributed by atoms with Crippen molar-refractivity contribution >= 4 is 0 Å². The molecule has 0 bridgehead atoms. The van der Waals surface area contributed by atoms with Gasteiger partial charge in [0, 0.05) is 32.6 Å². The zero-order valence-electron chi connectivity index (χ0n) is 22.4. The van der Waals surface area contributed by atoms with Crippen molar-refractivity contribution in [3.8, 4) is 28.7 Å². The van der Waals surface area contributed by atoms with Gasteiger partial charge in [0.2, 0.25) is 11.5 Å². The molecule has 2 atom stereocenters. The first kappa shape index (κ1) is 27.6. The molecule has 0 saturated heterocycles. The SMILES string of the molecule is C=CC[N+]1(CCCO)CCc2cc(OC)cc(OC)c2C1(Cc1cc(OC)c(OC)c(OC)c1)OC. The molecule has 0 amide bonds. The van der Waals surface area contributed by atoms with Gasteiger partial charge in [-0.1, -0.05) is 6.58 Å². The Morgan fingerprint density at radius 2 is 1.58 bits per heavy atom. The number of ether oxygens (including phenoxy) is 6. The number of nitrogens with zero attached hydrogens (tertiary/aromatic N) is 1. The van der Waals surface area contributed by atoms with E-state index < -0.39 is 5.72 Å². The highest BCUT2D eigenvalue weighted by Crippen LogP contribution is 2.51. The Hall–Kier alpha value is -2.94. The van der Waals surface area contributed by atoms with E-state index in [1.54, 1.807) is 42.7 Å². The highest BCUT2D eigenvalue weighted by Gasteiger charge is 2.57. The third kappa shape index (κ3) is 4.73. The second kappa shape index (κ2) is 11.9. The number of hydrogen-bond donors (Lipinski definition) is 1. The Morgan fingerprint density at radius 1 is 0.917 bits per heavy atom.